The molecule has 0 amide bonds. The molecular formula is C14H17N3OS. The predicted octanol–water partition coefficient (Wildman–Crippen LogP) is 3.05. The van der Waals surface area contributed by atoms with Crippen LogP contribution in [0.25, 0.3) is 11.4 Å². The van der Waals surface area contributed by atoms with Crippen molar-refractivity contribution in [2.45, 2.75) is 31.0 Å². The number of benzene rings is 1. The Labute approximate surface area is 117 Å². The van der Waals surface area contributed by atoms with Gasteiger partial charge in [-0.3, -0.25) is 5.10 Å². The number of aromatic nitrogens is 3. The van der Waals surface area contributed by atoms with Crippen LogP contribution in [0.15, 0.2) is 29.4 Å². The molecule has 1 saturated heterocycles. The fourth-order valence-electron chi connectivity index (χ4n) is 2.09. The molecular weight excluding hydrogens is 258 g/mol. The first kappa shape index (κ1) is 12.7. The standard InChI is InChI=1S/C14H17N3OS/c1-10-4-6-11(7-5-10)13-15-14(17-16-13)19-9-12-3-2-8-18-12/h4-7,12H,2-3,8-9H2,1H3,(H,15,16,17)/t12-/m0/s1. The highest BCUT2D eigenvalue weighted by atomic mass is 32.2. The van der Waals surface area contributed by atoms with E-state index in [9.17, 15) is 0 Å². The third kappa shape index (κ3) is 3.16. The molecule has 0 bridgehead atoms. The molecule has 0 saturated carbocycles. The Bertz CT molecular complexity index is 532. The summed E-state index contributed by atoms with van der Waals surface area (Å²) >= 11 is 1.66. The molecule has 0 aliphatic carbocycles. The number of H-pyrrole nitrogens is 1. The summed E-state index contributed by atoms with van der Waals surface area (Å²) in [5, 5.41) is 8.04. The van der Waals surface area contributed by atoms with Crippen LogP contribution in [0.3, 0.4) is 0 Å². The maximum atomic E-state index is 5.59. The van der Waals surface area contributed by atoms with E-state index in [-0.39, 0.29) is 0 Å². The maximum Gasteiger partial charge on any atom is 0.208 e. The van der Waals surface area contributed by atoms with Crippen molar-refractivity contribution in [3.8, 4) is 11.4 Å². The zero-order valence-electron chi connectivity index (χ0n) is 10.9. The summed E-state index contributed by atoms with van der Waals surface area (Å²) < 4.78 is 5.59. The van der Waals surface area contributed by atoms with Crippen LogP contribution in [-0.4, -0.2) is 33.6 Å². The Kier molecular flexibility index (Phi) is 3.84. The quantitative estimate of drug-likeness (QED) is 0.871. The van der Waals surface area contributed by atoms with Gasteiger partial charge in [-0.05, 0) is 19.8 Å². The van der Waals surface area contributed by atoms with Crippen molar-refractivity contribution in [3.05, 3.63) is 29.8 Å². The number of rotatable bonds is 4. The molecule has 1 fully saturated rings. The number of hydrogen-bond donors (Lipinski definition) is 1. The number of aromatic amines is 1. The van der Waals surface area contributed by atoms with E-state index in [2.05, 4.69) is 46.4 Å². The first-order chi connectivity index (χ1) is 9.31. The lowest BCUT2D eigenvalue weighted by atomic mass is 10.1. The predicted molar refractivity (Wildman–Crippen MR) is 76.3 cm³/mol. The van der Waals surface area contributed by atoms with E-state index in [1.165, 1.54) is 12.0 Å². The summed E-state index contributed by atoms with van der Waals surface area (Å²) in [6, 6.07) is 8.28. The number of hydrogen-bond acceptors (Lipinski definition) is 4. The van der Waals surface area contributed by atoms with Gasteiger partial charge in [0.2, 0.25) is 5.16 Å². The van der Waals surface area contributed by atoms with Crippen molar-refractivity contribution in [3.63, 3.8) is 0 Å². The second kappa shape index (κ2) is 5.75. The number of nitrogens with zero attached hydrogens (tertiary/aromatic N) is 2. The van der Waals surface area contributed by atoms with Crippen molar-refractivity contribution in [1.82, 2.24) is 15.2 Å². The van der Waals surface area contributed by atoms with Gasteiger partial charge < -0.3 is 4.74 Å². The number of thioether (sulfide) groups is 1. The van der Waals surface area contributed by atoms with Crippen LogP contribution >= 0.6 is 11.8 Å². The van der Waals surface area contributed by atoms with E-state index < -0.39 is 0 Å². The van der Waals surface area contributed by atoms with Gasteiger partial charge in [-0.2, -0.15) is 0 Å². The Morgan fingerprint density at radius 1 is 1.37 bits per heavy atom. The molecule has 2 heterocycles. The van der Waals surface area contributed by atoms with E-state index >= 15 is 0 Å². The second-order valence-corrected chi connectivity index (χ2v) is 5.77. The zero-order valence-corrected chi connectivity index (χ0v) is 11.7. The largest absolute Gasteiger partial charge is 0.377 e. The highest BCUT2D eigenvalue weighted by molar-refractivity contribution is 7.99. The fourth-order valence-corrected chi connectivity index (χ4v) is 2.96. The summed E-state index contributed by atoms with van der Waals surface area (Å²) in [5.74, 6) is 1.76. The van der Waals surface area contributed by atoms with Gasteiger partial charge in [0, 0.05) is 17.9 Å². The van der Waals surface area contributed by atoms with Crippen LogP contribution in [0.2, 0.25) is 0 Å². The van der Waals surface area contributed by atoms with Gasteiger partial charge in [-0.1, -0.05) is 41.6 Å². The monoisotopic (exact) mass is 275 g/mol. The second-order valence-electron chi connectivity index (χ2n) is 4.78. The average molecular weight is 275 g/mol. The van der Waals surface area contributed by atoms with Crippen LogP contribution in [0.1, 0.15) is 18.4 Å². The third-order valence-electron chi connectivity index (χ3n) is 3.21. The maximum absolute atomic E-state index is 5.59. The van der Waals surface area contributed by atoms with Gasteiger partial charge in [0.15, 0.2) is 5.82 Å². The summed E-state index contributed by atoms with van der Waals surface area (Å²) in [7, 11) is 0. The SMILES string of the molecule is Cc1ccc(-c2nc(SC[C@@H]3CCCO3)n[nH]2)cc1. The number of ether oxygens (including phenoxy) is 1. The molecule has 2 aromatic rings. The molecule has 1 aromatic carbocycles. The van der Waals surface area contributed by atoms with Crippen LogP contribution in [-0.2, 0) is 4.74 Å². The Morgan fingerprint density at radius 2 is 2.21 bits per heavy atom. The van der Waals surface area contributed by atoms with Gasteiger partial charge >= 0.3 is 0 Å². The lowest BCUT2D eigenvalue weighted by Gasteiger charge is -2.05. The van der Waals surface area contributed by atoms with Crippen molar-refractivity contribution >= 4 is 11.8 Å². The first-order valence-electron chi connectivity index (χ1n) is 6.55. The highest BCUT2D eigenvalue weighted by Crippen LogP contribution is 2.23. The van der Waals surface area contributed by atoms with E-state index in [0.29, 0.717) is 6.10 Å². The minimum absolute atomic E-state index is 0.367. The molecule has 1 aromatic heterocycles. The van der Waals surface area contributed by atoms with Crippen molar-refractivity contribution in [2.75, 3.05) is 12.4 Å². The summed E-state index contributed by atoms with van der Waals surface area (Å²) in [5.41, 5.74) is 2.32. The number of nitrogens with one attached hydrogen (secondary N) is 1. The molecule has 1 atom stereocenters. The normalized spacial score (nSPS) is 18.9. The lowest BCUT2D eigenvalue weighted by molar-refractivity contribution is 0.129. The molecule has 0 radical (unpaired) electrons. The third-order valence-corrected chi connectivity index (χ3v) is 4.19. The van der Waals surface area contributed by atoms with Crippen molar-refractivity contribution in [1.29, 1.82) is 0 Å². The molecule has 0 unspecified atom stereocenters. The average Bonchev–Trinajstić information content (AvgIpc) is 3.09. The van der Waals surface area contributed by atoms with E-state index in [4.69, 9.17) is 4.74 Å². The minimum atomic E-state index is 0.367. The molecule has 100 valence electrons. The molecule has 1 aliphatic heterocycles. The van der Waals surface area contributed by atoms with Crippen molar-refractivity contribution in [2.24, 2.45) is 0 Å². The molecule has 3 rings (SSSR count). The molecule has 5 heteroatoms. The Morgan fingerprint density at radius 3 is 2.95 bits per heavy atom. The Hall–Kier alpha value is -1.33. The van der Waals surface area contributed by atoms with E-state index in [1.807, 2.05) is 0 Å². The van der Waals surface area contributed by atoms with Crippen LogP contribution < -0.4 is 0 Å². The van der Waals surface area contributed by atoms with E-state index in [0.717, 1.165) is 35.3 Å². The molecule has 1 N–H and O–H groups in total. The summed E-state index contributed by atoms with van der Waals surface area (Å²) in [6.45, 7) is 2.97. The summed E-state index contributed by atoms with van der Waals surface area (Å²) in [6.07, 6.45) is 2.70. The zero-order chi connectivity index (χ0) is 13.1. The van der Waals surface area contributed by atoms with Crippen molar-refractivity contribution < 1.29 is 4.74 Å². The van der Waals surface area contributed by atoms with Crippen LogP contribution in [0, 0.1) is 6.92 Å². The van der Waals surface area contributed by atoms with Gasteiger partial charge in [0.25, 0.3) is 0 Å². The van der Waals surface area contributed by atoms with Gasteiger partial charge in [-0.25, -0.2) is 4.98 Å². The smallest absolute Gasteiger partial charge is 0.208 e. The van der Waals surface area contributed by atoms with Gasteiger partial charge in [0.1, 0.15) is 0 Å². The lowest BCUT2D eigenvalue weighted by Crippen LogP contribution is -2.07. The van der Waals surface area contributed by atoms with Crippen LogP contribution in [0.5, 0.6) is 0 Å². The minimum Gasteiger partial charge on any atom is -0.377 e. The molecule has 1 aliphatic rings. The van der Waals surface area contributed by atoms with E-state index in [1.54, 1.807) is 11.8 Å². The number of aryl methyl sites for hydroxylation is 1. The molecule has 4 nitrogen and oxygen atoms in total. The topological polar surface area (TPSA) is 50.8 Å². The molecule has 0 spiro atoms. The van der Waals surface area contributed by atoms with Crippen LogP contribution in [0.4, 0.5) is 0 Å². The fraction of sp³-hybridized carbons (Fsp3) is 0.429. The molecule has 19 heavy (non-hydrogen) atoms. The van der Waals surface area contributed by atoms with Gasteiger partial charge in [-0.15, -0.1) is 5.10 Å². The summed E-state index contributed by atoms with van der Waals surface area (Å²) in [4.78, 5) is 4.51. The van der Waals surface area contributed by atoms with Gasteiger partial charge in [0.05, 0.1) is 6.10 Å². The Balaban J connectivity index is 1.63. The highest BCUT2D eigenvalue weighted by Gasteiger charge is 2.16. The first-order valence-corrected chi connectivity index (χ1v) is 7.54.